The Morgan fingerprint density at radius 2 is 1.97 bits per heavy atom. The van der Waals surface area contributed by atoms with Gasteiger partial charge in [-0.25, -0.2) is 16.8 Å². The molecular weight excluding hydrogens is 405 g/mol. The lowest BCUT2D eigenvalue weighted by molar-refractivity contribution is 0.199. The highest BCUT2D eigenvalue weighted by Gasteiger charge is 2.24. The third-order valence-corrected chi connectivity index (χ3v) is 6.76. The summed E-state index contributed by atoms with van der Waals surface area (Å²) in [7, 11) is -2.18. The molecule has 0 saturated carbocycles. The van der Waals surface area contributed by atoms with Gasteiger partial charge >= 0.3 is 0 Å². The molecule has 3 aromatic rings. The molecule has 1 aliphatic heterocycles. The molecule has 158 valence electrons. The molecule has 1 fully saturated rings. The zero-order valence-corrected chi connectivity index (χ0v) is 17.5. The zero-order valence-electron chi connectivity index (χ0n) is 16.6. The molecule has 0 radical (unpaired) electrons. The predicted molar refractivity (Wildman–Crippen MR) is 113 cm³/mol. The molecule has 1 aromatic heterocycles. The lowest BCUT2D eigenvalue weighted by Gasteiger charge is -2.26. The highest BCUT2D eigenvalue weighted by molar-refractivity contribution is 7.90. The molecule has 2 N–H and O–H groups in total. The second-order valence-corrected chi connectivity index (χ2v) is 9.17. The minimum Gasteiger partial charge on any atom is -0.493 e. The average Bonchev–Trinajstić information content (AvgIpc) is 3.12. The van der Waals surface area contributed by atoms with Crippen molar-refractivity contribution >= 4 is 10.0 Å². The number of rotatable bonds is 8. The first-order chi connectivity index (χ1) is 14.5. The van der Waals surface area contributed by atoms with E-state index in [1.165, 1.54) is 24.4 Å². The van der Waals surface area contributed by atoms with Crippen LogP contribution in [0.4, 0.5) is 4.39 Å². The van der Waals surface area contributed by atoms with Crippen LogP contribution in [0.2, 0.25) is 0 Å². The van der Waals surface area contributed by atoms with Gasteiger partial charge in [-0.05, 0) is 42.9 Å². The Morgan fingerprint density at radius 1 is 1.17 bits per heavy atom. The van der Waals surface area contributed by atoms with Crippen molar-refractivity contribution in [1.82, 2.24) is 14.6 Å². The van der Waals surface area contributed by atoms with E-state index in [1.54, 1.807) is 43.4 Å². The maximum absolute atomic E-state index is 14.5. The van der Waals surface area contributed by atoms with Crippen molar-refractivity contribution < 1.29 is 17.5 Å². The van der Waals surface area contributed by atoms with Crippen LogP contribution in [0.3, 0.4) is 0 Å². The standard InChI is InChI=1S/C22H24FN3O3S/c1-24-11-16-9-22(20-7-2-3-8-21(20)23)26(14-16)30(27,28)19-6-4-5-18(10-19)29-15-17-12-25-13-17/h2-10,14,17,24-25H,11-13,15H2,1H3. The molecule has 0 amide bonds. The summed E-state index contributed by atoms with van der Waals surface area (Å²) in [6, 6.07) is 14.3. The molecular formula is C22H24FN3O3S. The fourth-order valence-corrected chi connectivity index (χ4v) is 4.81. The Morgan fingerprint density at radius 3 is 2.67 bits per heavy atom. The molecule has 4 rings (SSSR count). The molecule has 30 heavy (non-hydrogen) atoms. The number of hydrogen-bond acceptors (Lipinski definition) is 5. The van der Waals surface area contributed by atoms with E-state index < -0.39 is 15.8 Å². The Bertz CT molecular complexity index is 1140. The van der Waals surface area contributed by atoms with Crippen LogP contribution in [0.15, 0.2) is 65.7 Å². The van der Waals surface area contributed by atoms with E-state index in [9.17, 15) is 12.8 Å². The summed E-state index contributed by atoms with van der Waals surface area (Å²) in [6.45, 7) is 2.80. The van der Waals surface area contributed by atoms with Crippen molar-refractivity contribution in [2.75, 3.05) is 26.7 Å². The van der Waals surface area contributed by atoms with Gasteiger partial charge in [-0.3, -0.25) is 0 Å². The SMILES string of the molecule is CNCc1cc(-c2ccccc2F)n(S(=O)(=O)c2cccc(OCC3CNC3)c2)c1. The summed E-state index contributed by atoms with van der Waals surface area (Å²) in [5.74, 6) is 0.457. The van der Waals surface area contributed by atoms with Crippen LogP contribution in [0.5, 0.6) is 5.75 Å². The molecule has 2 aromatic carbocycles. The maximum atomic E-state index is 14.5. The summed E-state index contributed by atoms with van der Waals surface area (Å²) in [5, 5.41) is 6.18. The Labute approximate surface area is 175 Å². The van der Waals surface area contributed by atoms with Crippen LogP contribution in [0, 0.1) is 11.7 Å². The molecule has 0 atom stereocenters. The molecule has 1 aliphatic rings. The average molecular weight is 430 g/mol. The lowest BCUT2D eigenvalue weighted by atomic mass is 10.1. The topological polar surface area (TPSA) is 72.4 Å². The molecule has 0 aliphatic carbocycles. The van der Waals surface area contributed by atoms with Gasteiger partial charge in [-0.2, -0.15) is 0 Å². The van der Waals surface area contributed by atoms with Crippen molar-refractivity contribution in [2.45, 2.75) is 11.4 Å². The smallest absolute Gasteiger partial charge is 0.268 e. The van der Waals surface area contributed by atoms with Gasteiger partial charge in [-0.1, -0.05) is 18.2 Å². The van der Waals surface area contributed by atoms with Crippen molar-refractivity contribution in [3.05, 3.63) is 72.2 Å². The molecule has 1 saturated heterocycles. The maximum Gasteiger partial charge on any atom is 0.268 e. The normalized spacial score (nSPS) is 14.5. The molecule has 0 bridgehead atoms. The van der Waals surface area contributed by atoms with Gasteiger partial charge in [0.05, 0.1) is 17.2 Å². The van der Waals surface area contributed by atoms with E-state index in [2.05, 4.69) is 10.6 Å². The minimum atomic E-state index is -3.95. The Balaban J connectivity index is 1.72. The number of halogens is 1. The number of nitrogens with zero attached hydrogens (tertiary/aromatic N) is 1. The Hall–Kier alpha value is -2.68. The highest BCUT2D eigenvalue weighted by Crippen LogP contribution is 2.30. The van der Waals surface area contributed by atoms with Gasteiger partial charge in [-0.15, -0.1) is 0 Å². The first-order valence-electron chi connectivity index (χ1n) is 9.79. The summed E-state index contributed by atoms with van der Waals surface area (Å²) in [5.41, 5.74) is 1.25. The zero-order chi connectivity index (χ0) is 21.1. The van der Waals surface area contributed by atoms with Gasteiger partial charge in [0.15, 0.2) is 0 Å². The fraction of sp³-hybridized carbons (Fsp3) is 0.273. The second-order valence-electron chi connectivity index (χ2n) is 7.35. The number of nitrogens with one attached hydrogen (secondary N) is 2. The van der Waals surface area contributed by atoms with Crippen molar-refractivity contribution in [3.8, 4) is 17.0 Å². The number of ether oxygens (including phenoxy) is 1. The van der Waals surface area contributed by atoms with Crippen LogP contribution < -0.4 is 15.4 Å². The highest BCUT2D eigenvalue weighted by atomic mass is 32.2. The summed E-state index contributed by atoms with van der Waals surface area (Å²) in [6.07, 6.45) is 1.53. The summed E-state index contributed by atoms with van der Waals surface area (Å²) in [4.78, 5) is 0.0935. The largest absolute Gasteiger partial charge is 0.493 e. The second kappa shape index (κ2) is 8.59. The molecule has 2 heterocycles. The predicted octanol–water partition coefficient (Wildman–Crippen LogP) is 2.85. The van der Waals surface area contributed by atoms with Gasteiger partial charge in [0.1, 0.15) is 11.6 Å². The number of hydrogen-bond donors (Lipinski definition) is 2. The fourth-order valence-electron chi connectivity index (χ4n) is 3.38. The first-order valence-corrected chi connectivity index (χ1v) is 11.2. The van der Waals surface area contributed by atoms with Crippen molar-refractivity contribution in [1.29, 1.82) is 0 Å². The minimum absolute atomic E-state index is 0.0935. The van der Waals surface area contributed by atoms with Crippen LogP contribution in [0.1, 0.15) is 5.56 Å². The monoisotopic (exact) mass is 429 g/mol. The molecule has 8 heteroatoms. The van der Waals surface area contributed by atoms with E-state index in [-0.39, 0.29) is 16.2 Å². The quantitative estimate of drug-likeness (QED) is 0.576. The molecule has 0 unspecified atom stereocenters. The van der Waals surface area contributed by atoms with Crippen LogP contribution >= 0.6 is 0 Å². The van der Waals surface area contributed by atoms with Crippen molar-refractivity contribution in [2.24, 2.45) is 5.92 Å². The van der Waals surface area contributed by atoms with E-state index in [0.717, 1.165) is 22.6 Å². The summed E-state index contributed by atoms with van der Waals surface area (Å²) < 4.78 is 48.3. The van der Waals surface area contributed by atoms with Gasteiger partial charge < -0.3 is 15.4 Å². The summed E-state index contributed by atoms with van der Waals surface area (Å²) >= 11 is 0. The van der Waals surface area contributed by atoms with Gasteiger partial charge in [0, 0.05) is 43.4 Å². The van der Waals surface area contributed by atoms with Crippen LogP contribution in [-0.2, 0) is 16.6 Å². The van der Waals surface area contributed by atoms with Crippen LogP contribution in [-0.4, -0.2) is 39.1 Å². The molecule has 0 spiro atoms. The Kier molecular flexibility index (Phi) is 5.90. The number of benzene rings is 2. The van der Waals surface area contributed by atoms with E-state index in [1.807, 2.05) is 0 Å². The first kappa shape index (κ1) is 20.6. The van der Waals surface area contributed by atoms with E-state index in [0.29, 0.717) is 24.8 Å². The third-order valence-electron chi connectivity index (χ3n) is 5.09. The third kappa shape index (κ3) is 4.12. The van der Waals surface area contributed by atoms with Gasteiger partial charge in [0.25, 0.3) is 10.0 Å². The number of aromatic nitrogens is 1. The van der Waals surface area contributed by atoms with Gasteiger partial charge in [0.2, 0.25) is 0 Å². The van der Waals surface area contributed by atoms with E-state index in [4.69, 9.17) is 4.74 Å². The molecule has 6 nitrogen and oxygen atoms in total. The lowest BCUT2D eigenvalue weighted by Crippen LogP contribution is -2.45. The van der Waals surface area contributed by atoms with E-state index >= 15 is 0 Å². The van der Waals surface area contributed by atoms with Crippen LogP contribution in [0.25, 0.3) is 11.3 Å². The van der Waals surface area contributed by atoms with Crippen molar-refractivity contribution in [3.63, 3.8) is 0 Å².